The van der Waals surface area contributed by atoms with Gasteiger partial charge >= 0.3 is 12.3 Å². The first-order chi connectivity index (χ1) is 14.8. The lowest BCUT2D eigenvalue weighted by atomic mass is 9.98. The number of ether oxygens (including phenoxy) is 1. The standard InChI is InChI=1S/C24H22F3NO3/c25-24(26,27)22(29)21(28-23(30)31-16-18-7-3-1-4-8-18)15-17-11-13-20(14-12-17)19-9-5-2-6-10-19/h1-14,21-22,29H,15-16H2,(H,28,30). The molecule has 0 saturated heterocycles. The highest BCUT2D eigenvalue weighted by Crippen LogP contribution is 2.25. The van der Waals surface area contributed by atoms with Crippen LogP contribution in [-0.4, -0.2) is 29.5 Å². The summed E-state index contributed by atoms with van der Waals surface area (Å²) in [5, 5.41) is 11.9. The third kappa shape index (κ3) is 6.58. The minimum atomic E-state index is -4.89. The van der Waals surface area contributed by atoms with Crippen molar-refractivity contribution in [2.45, 2.75) is 31.3 Å². The maximum atomic E-state index is 13.1. The Bertz CT molecular complexity index is 961. The summed E-state index contributed by atoms with van der Waals surface area (Å²) in [5.41, 5.74) is 3.12. The van der Waals surface area contributed by atoms with E-state index in [4.69, 9.17) is 4.74 Å². The molecule has 2 unspecified atom stereocenters. The molecule has 31 heavy (non-hydrogen) atoms. The van der Waals surface area contributed by atoms with E-state index in [1.807, 2.05) is 30.3 Å². The number of benzene rings is 3. The molecular weight excluding hydrogens is 407 g/mol. The molecule has 2 atom stereocenters. The Kier molecular flexibility index (Phi) is 7.31. The number of halogens is 3. The zero-order valence-electron chi connectivity index (χ0n) is 16.5. The zero-order valence-corrected chi connectivity index (χ0v) is 16.5. The number of rotatable bonds is 7. The number of amides is 1. The lowest BCUT2D eigenvalue weighted by Crippen LogP contribution is -2.51. The van der Waals surface area contributed by atoms with E-state index in [2.05, 4.69) is 5.32 Å². The van der Waals surface area contributed by atoms with Gasteiger partial charge in [-0.2, -0.15) is 13.2 Å². The molecule has 0 aromatic heterocycles. The number of alkyl carbamates (subject to hydrolysis) is 1. The van der Waals surface area contributed by atoms with Gasteiger partial charge < -0.3 is 15.2 Å². The fourth-order valence-electron chi connectivity index (χ4n) is 3.10. The molecule has 0 radical (unpaired) electrons. The molecule has 0 aliphatic rings. The molecule has 0 spiro atoms. The minimum Gasteiger partial charge on any atom is -0.445 e. The van der Waals surface area contributed by atoms with Gasteiger partial charge in [-0.15, -0.1) is 0 Å². The van der Waals surface area contributed by atoms with Gasteiger partial charge in [0.25, 0.3) is 0 Å². The summed E-state index contributed by atoms with van der Waals surface area (Å²) in [6.07, 6.45) is -8.86. The molecule has 3 rings (SSSR count). The number of alkyl halides is 3. The van der Waals surface area contributed by atoms with E-state index in [-0.39, 0.29) is 13.0 Å². The van der Waals surface area contributed by atoms with Crippen molar-refractivity contribution in [1.82, 2.24) is 5.32 Å². The molecule has 0 saturated carbocycles. The molecule has 0 fully saturated rings. The number of aliphatic hydroxyl groups excluding tert-OH is 1. The van der Waals surface area contributed by atoms with Gasteiger partial charge in [0.2, 0.25) is 0 Å². The van der Waals surface area contributed by atoms with Gasteiger partial charge in [0, 0.05) is 0 Å². The first kappa shape index (κ1) is 22.4. The average molecular weight is 429 g/mol. The van der Waals surface area contributed by atoms with Gasteiger partial charge in [-0.3, -0.25) is 0 Å². The Morgan fingerprint density at radius 2 is 1.39 bits per heavy atom. The third-order valence-electron chi connectivity index (χ3n) is 4.75. The van der Waals surface area contributed by atoms with Crippen LogP contribution in [0.5, 0.6) is 0 Å². The summed E-state index contributed by atoms with van der Waals surface area (Å²) in [7, 11) is 0. The smallest absolute Gasteiger partial charge is 0.416 e. The van der Waals surface area contributed by atoms with Gasteiger partial charge in [-0.25, -0.2) is 4.79 Å². The summed E-state index contributed by atoms with van der Waals surface area (Å²) in [6, 6.07) is 23.6. The van der Waals surface area contributed by atoms with Crippen LogP contribution in [-0.2, 0) is 17.8 Å². The molecule has 2 N–H and O–H groups in total. The van der Waals surface area contributed by atoms with Crippen molar-refractivity contribution in [3.8, 4) is 11.1 Å². The first-order valence-electron chi connectivity index (χ1n) is 9.69. The quantitative estimate of drug-likeness (QED) is 0.549. The summed E-state index contributed by atoms with van der Waals surface area (Å²) in [4.78, 5) is 12.1. The molecule has 0 aliphatic heterocycles. The average Bonchev–Trinajstić information content (AvgIpc) is 2.78. The fraction of sp³-hybridized carbons (Fsp3) is 0.208. The van der Waals surface area contributed by atoms with Crippen molar-refractivity contribution in [3.05, 3.63) is 96.1 Å². The van der Waals surface area contributed by atoms with Crippen molar-refractivity contribution in [2.24, 2.45) is 0 Å². The molecule has 4 nitrogen and oxygen atoms in total. The SMILES string of the molecule is O=C(NC(Cc1ccc(-c2ccccc2)cc1)C(O)C(F)(F)F)OCc1ccccc1. The Hall–Kier alpha value is -3.32. The number of hydrogen-bond acceptors (Lipinski definition) is 3. The topological polar surface area (TPSA) is 58.6 Å². The molecule has 3 aromatic carbocycles. The molecule has 0 heterocycles. The van der Waals surface area contributed by atoms with Crippen LogP contribution in [0, 0.1) is 0 Å². The fourth-order valence-corrected chi connectivity index (χ4v) is 3.10. The van der Waals surface area contributed by atoms with E-state index < -0.39 is 24.4 Å². The molecule has 1 amide bonds. The summed E-state index contributed by atoms with van der Waals surface area (Å²) in [6.45, 7) is -0.0900. The Labute approximate surface area is 178 Å². The number of hydrogen-bond donors (Lipinski definition) is 2. The van der Waals surface area contributed by atoms with Crippen LogP contribution >= 0.6 is 0 Å². The van der Waals surface area contributed by atoms with Crippen molar-refractivity contribution in [3.63, 3.8) is 0 Å². The van der Waals surface area contributed by atoms with Crippen LogP contribution in [0.4, 0.5) is 18.0 Å². The summed E-state index contributed by atoms with van der Waals surface area (Å²) >= 11 is 0. The van der Waals surface area contributed by atoms with Gasteiger partial charge in [0.05, 0.1) is 6.04 Å². The zero-order chi connectivity index (χ0) is 22.3. The predicted molar refractivity (Wildman–Crippen MR) is 111 cm³/mol. The van der Waals surface area contributed by atoms with Crippen molar-refractivity contribution < 1.29 is 27.8 Å². The lowest BCUT2D eigenvalue weighted by molar-refractivity contribution is -0.211. The summed E-state index contributed by atoms with van der Waals surface area (Å²) in [5.74, 6) is 0. The highest BCUT2D eigenvalue weighted by Gasteiger charge is 2.44. The van der Waals surface area contributed by atoms with E-state index in [1.54, 1.807) is 54.6 Å². The van der Waals surface area contributed by atoms with E-state index >= 15 is 0 Å². The largest absolute Gasteiger partial charge is 0.445 e. The molecular formula is C24H22F3NO3. The Morgan fingerprint density at radius 1 is 0.839 bits per heavy atom. The van der Waals surface area contributed by atoms with Gasteiger partial charge in [-0.05, 0) is 28.7 Å². The Morgan fingerprint density at radius 3 is 1.97 bits per heavy atom. The van der Waals surface area contributed by atoms with Crippen molar-refractivity contribution in [1.29, 1.82) is 0 Å². The molecule has 0 aliphatic carbocycles. The normalized spacial score (nSPS) is 13.3. The number of aliphatic hydroxyl groups is 1. The first-order valence-corrected chi connectivity index (χ1v) is 9.69. The van der Waals surface area contributed by atoms with Crippen LogP contribution in [0.2, 0.25) is 0 Å². The highest BCUT2D eigenvalue weighted by atomic mass is 19.4. The second-order valence-electron chi connectivity index (χ2n) is 7.07. The third-order valence-corrected chi connectivity index (χ3v) is 4.75. The van der Waals surface area contributed by atoms with Crippen LogP contribution in [0.3, 0.4) is 0 Å². The maximum absolute atomic E-state index is 13.1. The van der Waals surface area contributed by atoms with Gasteiger partial charge in [0.15, 0.2) is 6.10 Å². The number of nitrogens with one attached hydrogen (secondary N) is 1. The molecule has 162 valence electrons. The van der Waals surface area contributed by atoms with E-state index in [1.165, 1.54) is 0 Å². The van der Waals surface area contributed by atoms with Crippen molar-refractivity contribution in [2.75, 3.05) is 0 Å². The summed E-state index contributed by atoms with van der Waals surface area (Å²) < 4.78 is 44.4. The highest BCUT2D eigenvalue weighted by molar-refractivity contribution is 5.68. The lowest BCUT2D eigenvalue weighted by Gasteiger charge is -2.25. The number of carbonyl (C=O) groups excluding carboxylic acids is 1. The monoisotopic (exact) mass is 429 g/mol. The predicted octanol–water partition coefficient (Wildman–Crippen LogP) is 5.11. The Balaban J connectivity index is 1.68. The van der Waals surface area contributed by atoms with E-state index in [0.29, 0.717) is 11.1 Å². The van der Waals surface area contributed by atoms with Crippen molar-refractivity contribution >= 4 is 6.09 Å². The van der Waals surface area contributed by atoms with Crippen LogP contribution < -0.4 is 5.32 Å². The van der Waals surface area contributed by atoms with Crippen LogP contribution in [0.1, 0.15) is 11.1 Å². The maximum Gasteiger partial charge on any atom is 0.416 e. The molecule has 7 heteroatoms. The van der Waals surface area contributed by atoms with Gasteiger partial charge in [-0.1, -0.05) is 84.9 Å². The minimum absolute atomic E-state index is 0.0900. The second-order valence-corrected chi connectivity index (χ2v) is 7.07. The second kappa shape index (κ2) is 10.1. The number of carbonyl (C=O) groups is 1. The van der Waals surface area contributed by atoms with Gasteiger partial charge in [0.1, 0.15) is 6.61 Å². The van der Waals surface area contributed by atoms with E-state index in [9.17, 15) is 23.1 Å². The molecule has 0 bridgehead atoms. The molecule has 3 aromatic rings. The van der Waals surface area contributed by atoms with E-state index in [0.717, 1.165) is 11.1 Å². The van der Waals surface area contributed by atoms with Crippen LogP contribution in [0.25, 0.3) is 11.1 Å². The van der Waals surface area contributed by atoms with Crippen LogP contribution in [0.15, 0.2) is 84.9 Å².